The molecule has 0 atom stereocenters. The molecule has 0 fully saturated rings. The molecule has 0 amide bonds. The summed E-state index contributed by atoms with van der Waals surface area (Å²) in [6.45, 7) is 0.574. The molecule has 5 heteroatoms. The number of aromatic amines is 1. The molecule has 1 heterocycles. The van der Waals surface area contributed by atoms with Gasteiger partial charge in [-0.05, 0) is 18.7 Å². The summed E-state index contributed by atoms with van der Waals surface area (Å²) in [5.74, 6) is 1.52. The standard InChI is InChI=1S/C10H11BrN4/c11-8-4-2-1-3-7(8)10-13-9(5-6-12)14-15-10/h1-4H,5-6,12H2,(H,13,14,15). The van der Waals surface area contributed by atoms with Crippen LogP contribution in [-0.2, 0) is 6.42 Å². The molecule has 1 aromatic heterocycles. The van der Waals surface area contributed by atoms with Gasteiger partial charge >= 0.3 is 0 Å². The van der Waals surface area contributed by atoms with Crippen molar-refractivity contribution in [3.63, 3.8) is 0 Å². The molecule has 0 spiro atoms. The summed E-state index contributed by atoms with van der Waals surface area (Å²) in [4.78, 5) is 4.35. The van der Waals surface area contributed by atoms with E-state index in [0.29, 0.717) is 12.4 Å². The van der Waals surface area contributed by atoms with Crippen molar-refractivity contribution < 1.29 is 0 Å². The second-order valence-corrected chi connectivity index (χ2v) is 3.98. The van der Waals surface area contributed by atoms with Crippen molar-refractivity contribution >= 4 is 15.9 Å². The minimum Gasteiger partial charge on any atom is -0.330 e. The molecule has 4 nitrogen and oxygen atoms in total. The maximum absolute atomic E-state index is 5.44. The van der Waals surface area contributed by atoms with E-state index in [-0.39, 0.29) is 0 Å². The first-order valence-electron chi connectivity index (χ1n) is 4.67. The van der Waals surface area contributed by atoms with Crippen LogP contribution >= 0.6 is 15.9 Å². The molecule has 2 rings (SSSR count). The number of H-pyrrole nitrogens is 1. The van der Waals surface area contributed by atoms with Crippen molar-refractivity contribution in [2.45, 2.75) is 6.42 Å². The van der Waals surface area contributed by atoms with Crippen molar-refractivity contribution in [3.05, 3.63) is 34.6 Å². The molecular weight excluding hydrogens is 256 g/mol. The van der Waals surface area contributed by atoms with Crippen LogP contribution in [0, 0.1) is 0 Å². The molecule has 15 heavy (non-hydrogen) atoms. The van der Waals surface area contributed by atoms with E-state index in [0.717, 1.165) is 22.3 Å². The Morgan fingerprint density at radius 3 is 2.87 bits per heavy atom. The molecule has 0 aliphatic rings. The van der Waals surface area contributed by atoms with Gasteiger partial charge in [-0.15, -0.1) is 0 Å². The highest BCUT2D eigenvalue weighted by Crippen LogP contribution is 2.24. The predicted molar refractivity (Wildman–Crippen MR) is 62.3 cm³/mol. The fourth-order valence-electron chi connectivity index (χ4n) is 1.31. The lowest BCUT2D eigenvalue weighted by Gasteiger charge is -1.97. The lowest BCUT2D eigenvalue weighted by atomic mass is 10.2. The van der Waals surface area contributed by atoms with Crippen molar-refractivity contribution in [2.24, 2.45) is 5.73 Å². The monoisotopic (exact) mass is 266 g/mol. The van der Waals surface area contributed by atoms with Crippen molar-refractivity contribution in [1.29, 1.82) is 0 Å². The van der Waals surface area contributed by atoms with Crippen LogP contribution < -0.4 is 5.73 Å². The smallest absolute Gasteiger partial charge is 0.182 e. The second kappa shape index (κ2) is 4.55. The topological polar surface area (TPSA) is 67.6 Å². The highest BCUT2D eigenvalue weighted by atomic mass is 79.9. The molecule has 3 N–H and O–H groups in total. The van der Waals surface area contributed by atoms with Crippen molar-refractivity contribution in [2.75, 3.05) is 6.54 Å². The molecule has 0 unspecified atom stereocenters. The van der Waals surface area contributed by atoms with E-state index < -0.39 is 0 Å². The number of aromatic nitrogens is 3. The predicted octanol–water partition coefficient (Wildman–Crippen LogP) is 1.74. The first-order chi connectivity index (χ1) is 7.31. The van der Waals surface area contributed by atoms with E-state index in [9.17, 15) is 0 Å². The molecule has 2 aromatic rings. The maximum atomic E-state index is 5.44. The lowest BCUT2D eigenvalue weighted by molar-refractivity contribution is 0.874. The van der Waals surface area contributed by atoms with E-state index in [1.54, 1.807) is 0 Å². The quantitative estimate of drug-likeness (QED) is 0.890. The number of benzene rings is 1. The van der Waals surface area contributed by atoms with E-state index >= 15 is 0 Å². The average molecular weight is 267 g/mol. The summed E-state index contributed by atoms with van der Waals surface area (Å²) in [5, 5.41) is 7.01. The van der Waals surface area contributed by atoms with E-state index in [2.05, 4.69) is 31.1 Å². The Hall–Kier alpha value is -1.20. The van der Waals surface area contributed by atoms with Gasteiger partial charge in [-0.3, -0.25) is 5.10 Å². The van der Waals surface area contributed by atoms with Crippen LogP contribution in [0.4, 0.5) is 0 Å². The van der Waals surface area contributed by atoms with Gasteiger partial charge in [0.05, 0.1) is 0 Å². The molecular formula is C10H11BrN4. The number of nitrogens with two attached hydrogens (primary N) is 1. The van der Waals surface area contributed by atoms with Gasteiger partial charge < -0.3 is 5.73 Å². The molecule has 0 saturated heterocycles. The Balaban J connectivity index is 2.33. The van der Waals surface area contributed by atoms with Crippen molar-refractivity contribution in [3.8, 4) is 11.4 Å². The summed E-state index contributed by atoms with van der Waals surface area (Å²) in [6.07, 6.45) is 0.720. The SMILES string of the molecule is NCCc1nc(-c2ccccc2Br)n[nH]1. The first kappa shape index (κ1) is 10.3. The van der Waals surface area contributed by atoms with Gasteiger partial charge in [-0.2, -0.15) is 5.10 Å². The molecule has 0 aliphatic heterocycles. The minimum absolute atomic E-state index is 0.574. The highest BCUT2D eigenvalue weighted by Gasteiger charge is 2.07. The summed E-state index contributed by atoms with van der Waals surface area (Å²) < 4.78 is 0.989. The zero-order valence-electron chi connectivity index (χ0n) is 8.07. The fraction of sp³-hybridized carbons (Fsp3) is 0.200. The fourth-order valence-corrected chi connectivity index (χ4v) is 1.77. The molecule has 0 radical (unpaired) electrons. The zero-order chi connectivity index (χ0) is 10.7. The Labute approximate surface area is 96.0 Å². The van der Waals surface area contributed by atoms with Gasteiger partial charge in [-0.25, -0.2) is 4.98 Å². The highest BCUT2D eigenvalue weighted by molar-refractivity contribution is 9.10. The van der Waals surface area contributed by atoms with Crippen LogP contribution in [0.15, 0.2) is 28.7 Å². The molecule has 0 aliphatic carbocycles. The average Bonchev–Trinajstić information content (AvgIpc) is 2.68. The first-order valence-corrected chi connectivity index (χ1v) is 5.47. The van der Waals surface area contributed by atoms with Crippen LogP contribution in [-0.4, -0.2) is 21.7 Å². The van der Waals surface area contributed by atoms with Crippen LogP contribution in [0.3, 0.4) is 0 Å². The number of hydrogen-bond acceptors (Lipinski definition) is 3. The molecule has 0 saturated carbocycles. The third-order valence-corrected chi connectivity index (χ3v) is 2.72. The zero-order valence-corrected chi connectivity index (χ0v) is 9.66. The van der Waals surface area contributed by atoms with Gasteiger partial charge in [0.15, 0.2) is 5.82 Å². The van der Waals surface area contributed by atoms with Crippen LogP contribution in [0.5, 0.6) is 0 Å². The number of rotatable bonds is 3. The Morgan fingerprint density at radius 1 is 1.33 bits per heavy atom. The number of nitrogens with one attached hydrogen (secondary N) is 1. The summed E-state index contributed by atoms with van der Waals surface area (Å²) in [7, 11) is 0. The maximum Gasteiger partial charge on any atom is 0.182 e. The van der Waals surface area contributed by atoms with Crippen molar-refractivity contribution in [1.82, 2.24) is 15.2 Å². The largest absolute Gasteiger partial charge is 0.330 e. The van der Waals surface area contributed by atoms with Crippen LogP contribution in [0.1, 0.15) is 5.82 Å². The normalized spacial score (nSPS) is 10.5. The van der Waals surface area contributed by atoms with Gasteiger partial charge in [0, 0.05) is 16.5 Å². The van der Waals surface area contributed by atoms with Gasteiger partial charge in [-0.1, -0.05) is 28.1 Å². The van der Waals surface area contributed by atoms with Crippen LogP contribution in [0.2, 0.25) is 0 Å². The molecule has 0 bridgehead atoms. The summed E-state index contributed by atoms with van der Waals surface area (Å²) in [6, 6.07) is 7.86. The third-order valence-electron chi connectivity index (χ3n) is 2.03. The van der Waals surface area contributed by atoms with Gasteiger partial charge in [0.2, 0.25) is 0 Å². The third kappa shape index (κ3) is 2.24. The number of hydrogen-bond donors (Lipinski definition) is 2. The van der Waals surface area contributed by atoms with E-state index in [4.69, 9.17) is 5.73 Å². The summed E-state index contributed by atoms with van der Waals surface area (Å²) >= 11 is 3.46. The summed E-state index contributed by atoms with van der Waals surface area (Å²) in [5.41, 5.74) is 6.42. The molecule has 78 valence electrons. The number of nitrogens with zero attached hydrogens (tertiary/aromatic N) is 2. The molecule has 1 aromatic carbocycles. The Kier molecular flexibility index (Phi) is 3.13. The Bertz CT molecular complexity index is 452. The van der Waals surface area contributed by atoms with Gasteiger partial charge in [0.1, 0.15) is 5.82 Å². The Morgan fingerprint density at radius 2 is 2.13 bits per heavy atom. The second-order valence-electron chi connectivity index (χ2n) is 3.12. The van der Waals surface area contributed by atoms with E-state index in [1.807, 2.05) is 24.3 Å². The lowest BCUT2D eigenvalue weighted by Crippen LogP contribution is -2.03. The van der Waals surface area contributed by atoms with E-state index in [1.165, 1.54) is 0 Å². The van der Waals surface area contributed by atoms with Crippen LogP contribution in [0.25, 0.3) is 11.4 Å². The van der Waals surface area contributed by atoms with Gasteiger partial charge in [0.25, 0.3) is 0 Å². The minimum atomic E-state index is 0.574. The number of halogens is 1.